The molecule has 4 heteroatoms. The molecule has 0 N–H and O–H groups in total. The summed E-state index contributed by atoms with van der Waals surface area (Å²) in [5.74, 6) is -1.13. The third-order valence-electron chi connectivity index (χ3n) is 2.45. The van der Waals surface area contributed by atoms with Crippen LogP contribution in [0.3, 0.4) is 0 Å². The van der Waals surface area contributed by atoms with Gasteiger partial charge >= 0.3 is 11.9 Å². The highest BCUT2D eigenvalue weighted by molar-refractivity contribution is 5.90. The van der Waals surface area contributed by atoms with E-state index in [9.17, 15) is 14.4 Å². The lowest BCUT2D eigenvalue weighted by atomic mass is 9.83. The van der Waals surface area contributed by atoms with Crippen molar-refractivity contribution in [1.29, 1.82) is 0 Å². The molecule has 1 aliphatic heterocycles. The van der Waals surface area contributed by atoms with Gasteiger partial charge in [0.1, 0.15) is 5.78 Å². The number of carbonyl (C=O) groups is 3. The van der Waals surface area contributed by atoms with E-state index in [0.717, 1.165) is 0 Å². The molecule has 84 valence electrons. The molecular formula is C11H16O4. The molecule has 0 aromatic carbocycles. The van der Waals surface area contributed by atoms with Crippen molar-refractivity contribution in [3.05, 3.63) is 0 Å². The molecule has 0 amide bonds. The van der Waals surface area contributed by atoms with E-state index < -0.39 is 17.4 Å². The summed E-state index contributed by atoms with van der Waals surface area (Å²) in [4.78, 5) is 33.6. The molecule has 0 aliphatic carbocycles. The largest absolute Gasteiger partial charge is 0.393 e. The summed E-state index contributed by atoms with van der Waals surface area (Å²) < 4.78 is 4.39. The van der Waals surface area contributed by atoms with E-state index in [4.69, 9.17) is 0 Å². The quantitative estimate of drug-likeness (QED) is 0.513. The van der Waals surface area contributed by atoms with Crippen LogP contribution in [0.4, 0.5) is 0 Å². The molecular weight excluding hydrogens is 196 g/mol. The van der Waals surface area contributed by atoms with Crippen molar-refractivity contribution in [2.45, 2.75) is 40.0 Å². The van der Waals surface area contributed by atoms with Crippen LogP contribution in [-0.2, 0) is 19.1 Å². The first-order valence-corrected chi connectivity index (χ1v) is 5.06. The molecule has 0 radical (unpaired) electrons. The predicted octanol–water partition coefficient (Wildman–Crippen LogP) is 1.47. The monoisotopic (exact) mass is 212 g/mol. The summed E-state index contributed by atoms with van der Waals surface area (Å²) in [6.07, 6.45) is 0.630. The Kier molecular flexibility index (Phi) is 3.27. The molecule has 0 aromatic heterocycles. The molecule has 0 unspecified atom stereocenters. The zero-order chi connectivity index (χ0) is 11.6. The van der Waals surface area contributed by atoms with Crippen molar-refractivity contribution in [3.8, 4) is 0 Å². The number of ketones is 1. The second-order valence-corrected chi connectivity index (χ2v) is 5.00. The van der Waals surface area contributed by atoms with Gasteiger partial charge in [-0.3, -0.25) is 14.4 Å². The van der Waals surface area contributed by atoms with E-state index in [1.54, 1.807) is 0 Å². The number of rotatable bonds is 2. The molecule has 4 nitrogen and oxygen atoms in total. The maximum atomic E-state index is 11.7. The van der Waals surface area contributed by atoms with Crippen LogP contribution < -0.4 is 0 Å². The summed E-state index contributed by atoms with van der Waals surface area (Å²) in [5.41, 5.74) is -0.412. The average Bonchev–Trinajstić information content (AvgIpc) is 1.99. The molecule has 1 fully saturated rings. The van der Waals surface area contributed by atoms with Crippen LogP contribution in [0.1, 0.15) is 40.0 Å². The van der Waals surface area contributed by atoms with Crippen LogP contribution in [0, 0.1) is 11.3 Å². The number of carbonyl (C=O) groups excluding carboxylic acids is 3. The van der Waals surface area contributed by atoms with E-state index in [1.807, 2.05) is 20.8 Å². The normalized spacial score (nSPS) is 18.9. The number of hydrogen-bond donors (Lipinski definition) is 0. The fourth-order valence-electron chi connectivity index (χ4n) is 1.47. The van der Waals surface area contributed by atoms with E-state index >= 15 is 0 Å². The minimum atomic E-state index is -0.516. The summed E-state index contributed by atoms with van der Waals surface area (Å²) in [6, 6.07) is 0. The fourth-order valence-corrected chi connectivity index (χ4v) is 1.47. The van der Waals surface area contributed by atoms with E-state index in [-0.39, 0.29) is 31.0 Å². The van der Waals surface area contributed by atoms with Gasteiger partial charge in [0.15, 0.2) is 0 Å². The SMILES string of the molecule is CC(C)(C)C(=O)CC1CC(=O)OC(=O)C1. The van der Waals surface area contributed by atoms with Crippen LogP contribution in [0.25, 0.3) is 0 Å². The number of Topliss-reactive ketones (excluding diaryl/α,β-unsaturated/α-hetero) is 1. The van der Waals surface area contributed by atoms with Gasteiger partial charge in [-0.15, -0.1) is 0 Å². The lowest BCUT2D eigenvalue weighted by Crippen LogP contribution is -2.30. The van der Waals surface area contributed by atoms with Crippen molar-refractivity contribution in [3.63, 3.8) is 0 Å². The number of cyclic esters (lactones) is 2. The predicted molar refractivity (Wildman–Crippen MR) is 52.9 cm³/mol. The standard InChI is InChI=1S/C11H16O4/c1-11(2,3)8(12)4-7-5-9(13)15-10(14)6-7/h7H,4-6H2,1-3H3. The van der Waals surface area contributed by atoms with Gasteiger partial charge in [0.05, 0.1) is 0 Å². The molecule has 0 saturated carbocycles. The maximum Gasteiger partial charge on any atom is 0.313 e. The summed E-state index contributed by atoms with van der Waals surface area (Å²) in [7, 11) is 0. The minimum Gasteiger partial charge on any atom is -0.393 e. The number of hydrogen-bond acceptors (Lipinski definition) is 4. The van der Waals surface area contributed by atoms with Gasteiger partial charge in [-0.25, -0.2) is 0 Å². The van der Waals surface area contributed by atoms with Crippen LogP contribution >= 0.6 is 0 Å². The Morgan fingerprint density at radius 1 is 1.27 bits per heavy atom. The Bertz CT molecular complexity index is 282. The zero-order valence-electron chi connectivity index (χ0n) is 9.33. The minimum absolute atomic E-state index is 0.0787. The Labute approximate surface area is 89.0 Å². The summed E-state index contributed by atoms with van der Waals surface area (Å²) >= 11 is 0. The van der Waals surface area contributed by atoms with Crippen LogP contribution in [0.15, 0.2) is 0 Å². The Balaban J connectivity index is 2.55. The lowest BCUT2D eigenvalue weighted by molar-refractivity contribution is -0.165. The third-order valence-corrected chi connectivity index (χ3v) is 2.45. The summed E-state index contributed by atoms with van der Waals surface area (Å²) in [5, 5.41) is 0. The highest BCUT2D eigenvalue weighted by atomic mass is 16.6. The number of ether oxygens (including phenoxy) is 1. The fraction of sp³-hybridized carbons (Fsp3) is 0.727. The van der Waals surface area contributed by atoms with E-state index in [2.05, 4.69) is 4.74 Å². The molecule has 0 atom stereocenters. The summed E-state index contributed by atoms with van der Waals surface area (Å²) in [6.45, 7) is 5.49. The molecule has 15 heavy (non-hydrogen) atoms. The van der Waals surface area contributed by atoms with Gasteiger partial charge in [-0.05, 0) is 5.92 Å². The van der Waals surface area contributed by atoms with Gasteiger partial charge < -0.3 is 4.74 Å². The third kappa shape index (κ3) is 3.46. The maximum absolute atomic E-state index is 11.7. The highest BCUT2D eigenvalue weighted by Crippen LogP contribution is 2.26. The van der Waals surface area contributed by atoms with Gasteiger partial charge in [0.25, 0.3) is 0 Å². The van der Waals surface area contributed by atoms with E-state index in [0.29, 0.717) is 0 Å². The first-order chi connectivity index (χ1) is 6.79. The molecule has 1 aliphatic rings. The first kappa shape index (κ1) is 11.9. The van der Waals surface area contributed by atoms with Crippen molar-refractivity contribution in [2.24, 2.45) is 11.3 Å². The second kappa shape index (κ2) is 4.13. The van der Waals surface area contributed by atoms with Crippen molar-refractivity contribution in [1.82, 2.24) is 0 Å². The van der Waals surface area contributed by atoms with Gasteiger partial charge in [-0.1, -0.05) is 20.8 Å². The van der Waals surface area contributed by atoms with E-state index in [1.165, 1.54) is 0 Å². The number of esters is 2. The average molecular weight is 212 g/mol. The Hall–Kier alpha value is -1.19. The molecule has 1 heterocycles. The van der Waals surface area contributed by atoms with Crippen molar-refractivity contribution >= 4 is 17.7 Å². The Morgan fingerprint density at radius 3 is 2.13 bits per heavy atom. The van der Waals surface area contributed by atoms with Crippen molar-refractivity contribution in [2.75, 3.05) is 0 Å². The second-order valence-electron chi connectivity index (χ2n) is 5.00. The molecule has 0 bridgehead atoms. The topological polar surface area (TPSA) is 60.4 Å². The smallest absolute Gasteiger partial charge is 0.313 e. The molecule has 0 spiro atoms. The first-order valence-electron chi connectivity index (χ1n) is 5.06. The van der Waals surface area contributed by atoms with Crippen LogP contribution in [-0.4, -0.2) is 17.7 Å². The van der Waals surface area contributed by atoms with Crippen LogP contribution in [0.5, 0.6) is 0 Å². The van der Waals surface area contributed by atoms with Gasteiger partial charge in [0.2, 0.25) is 0 Å². The molecule has 1 rings (SSSR count). The van der Waals surface area contributed by atoms with Crippen molar-refractivity contribution < 1.29 is 19.1 Å². The highest BCUT2D eigenvalue weighted by Gasteiger charge is 2.31. The molecule has 1 saturated heterocycles. The molecule has 0 aromatic rings. The Morgan fingerprint density at radius 2 is 1.73 bits per heavy atom. The lowest BCUT2D eigenvalue weighted by Gasteiger charge is -2.23. The van der Waals surface area contributed by atoms with Gasteiger partial charge in [-0.2, -0.15) is 0 Å². The zero-order valence-corrected chi connectivity index (χ0v) is 9.33. The van der Waals surface area contributed by atoms with Crippen LogP contribution in [0.2, 0.25) is 0 Å². The van der Waals surface area contributed by atoms with Gasteiger partial charge in [0, 0.05) is 24.7 Å².